The van der Waals surface area contributed by atoms with Crippen molar-refractivity contribution in [3.8, 4) is 10.6 Å². The van der Waals surface area contributed by atoms with Gasteiger partial charge in [-0.05, 0) is 30.0 Å². The molecule has 4 rings (SSSR count). The van der Waals surface area contributed by atoms with Crippen LogP contribution in [0.1, 0.15) is 23.0 Å². The summed E-state index contributed by atoms with van der Waals surface area (Å²) in [5, 5.41) is 6.98. The number of aromatic nitrogens is 2. The van der Waals surface area contributed by atoms with Crippen LogP contribution in [0.25, 0.3) is 10.6 Å². The molecule has 1 saturated heterocycles. The van der Waals surface area contributed by atoms with Gasteiger partial charge in [0.25, 0.3) is 5.91 Å². The SMILES string of the molecule is CCc1csc(-c2ccc(N3CCN(C(=O)c4ccsc4)CC3)nc2)n1. The summed E-state index contributed by atoms with van der Waals surface area (Å²) in [6.45, 7) is 5.18. The molecule has 0 radical (unpaired) electrons. The maximum absolute atomic E-state index is 12.4. The number of carbonyl (C=O) groups is 1. The monoisotopic (exact) mass is 384 g/mol. The normalized spacial score (nSPS) is 14.7. The third-order valence-corrected chi connectivity index (χ3v) is 6.19. The largest absolute Gasteiger partial charge is 0.353 e. The molecular formula is C19H20N4OS2. The van der Waals surface area contributed by atoms with Crippen LogP contribution in [0, 0.1) is 0 Å². The molecule has 0 atom stereocenters. The van der Waals surface area contributed by atoms with E-state index in [0.29, 0.717) is 0 Å². The van der Waals surface area contributed by atoms with E-state index in [9.17, 15) is 4.79 Å². The molecule has 1 fully saturated rings. The van der Waals surface area contributed by atoms with Crippen LogP contribution in [0.5, 0.6) is 0 Å². The molecule has 4 heterocycles. The Morgan fingerprint density at radius 3 is 2.62 bits per heavy atom. The minimum atomic E-state index is 0.129. The third kappa shape index (κ3) is 3.50. The van der Waals surface area contributed by atoms with Crippen LogP contribution >= 0.6 is 22.7 Å². The van der Waals surface area contributed by atoms with Gasteiger partial charge in [0.2, 0.25) is 0 Å². The molecule has 1 amide bonds. The summed E-state index contributed by atoms with van der Waals surface area (Å²) in [6.07, 6.45) is 2.85. The number of nitrogens with zero attached hydrogens (tertiary/aromatic N) is 4. The van der Waals surface area contributed by atoms with Crippen molar-refractivity contribution in [2.24, 2.45) is 0 Å². The summed E-state index contributed by atoms with van der Waals surface area (Å²) in [7, 11) is 0. The van der Waals surface area contributed by atoms with Crippen LogP contribution in [0.2, 0.25) is 0 Å². The van der Waals surface area contributed by atoms with Crippen LogP contribution in [0.3, 0.4) is 0 Å². The molecule has 3 aromatic rings. The number of pyridine rings is 1. The first-order valence-corrected chi connectivity index (χ1v) is 10.5. The second-order valence-electron chi connectivity index (χ2n) is 6.19. The van der Waals surface area contributed by atoms with Crippen LogP contribution in [-0.2, 0) is 6.42 Å². The van der Waals surface area contributed by atoms with E-state index in [4.69, 9.17) is 0 Å². The fraction of sp³-hybridized carbons (Fsp3) is 0.316. The molecule has 0 saturated carbocycles. The fourth-order valence-electron chi connectivity index (χ4n) is 3.01. The summed E-state index contributed by atoms with van der Waals surface area (Å²) >= 11 is 3.22. The van der Waals surface area contributed by atoms with Crippen molar-refractivity contribution < 1.29 is 4.79 Å². The lowest BCUT2D eigenvalue weighted by molar-refractivity contribution is 0.0747. The molecule has 1 aliphatic heterocycles. The number of hydrogen-bond acceptors (Lipinski definition) is 6. The highest BCUT2D eigenvalue weighted by molar-refractivity contribution is 7.13. The molecule has 3 aromatic heterocycles. The Balaban J connectivity index is 1.39. The molecule has 0 spiro atoms. The second kappa shape index (κ2) is 7.55. The van der Waals surface area contributed by atoms with E-state index in [2.05, 4.69) is 39.3 Å². The van der Waals surface area contributed by atoms with Crippen molar-refractivity contribution in [2.75, 3.05) is 31.1 Å². The van der Waals surface area contributed by atoms with Crippen molar-refractivity contribution in [1.29, 1.82) is 0 Å². The number of aryl methyl sites for hydroxylation is 1. The van der Waals surface area contributed by atoms with Gasteiger partial charge < -0.3 is 9.80 Å². The Morgan fingerprint density at radius 2 is 2.00 bits per heavy atom. The molecule has 0 N–H and O–H groups in total. The van der Waals surface area contributed by atoms with Crippen LogP contribution in [-0.4, -0.2) is 47.0 Å². The van der Waals surface area contributed by atoms with Crippen LogP contribution < -0.4 is 4.90 Å². The topological polar surface area (TPSA) is 49.3 Å². The number of amides is 1. The number of rotatable bonds is 4. The van der Waals surface area contributed by atoms with E-state index in [1.807, 2.05) is 27.9 Å². The molecule has 134 valence electrons. The third-order valence-electron chi connectivity index (χ3n) is 4.57. The Bertz CT molecular complexity index is 865. The fourth-order valence-corrected chi connectivity index (χ4v) is 4.53. The summed E-state index contributed by atoms with van der Waals surface area (Å²) < 4.78 is 0. The maximum Gasteiger partial charge on any atom is 0.254 e. The van der Waals surface area contributed by atoms with Gasteiger partial charge in [-0.1, -0.05) is 6.92 Å². The number of anilines is 1. The van der Waals surface area contributed by atoms with Crippen molar-refractivity contribution in [3.63, 3.8) is 0 Å². The zero-order valence-electron chi connectivity index (χ0n) is 14.6. The number of hydrogen-bond donors (Lipinski definition) is 0. The lowest BCUT2D eigenvalue weighted by atomic mass is 10.2. The van der Waals surface area contributed by atoms with Gasteiger partial charge in [-0.15, -0.1) is 11.3 Å². The highest BCUT2D eigenvalue weighted by atomic mass is 32.1. The predicted octanol–water partition coefficient (Wildman–Crippen LogP) is 3.79. The molecule has 0 bridgehead atoms. The van der Waals surface area contributed by atoms with Gasteiger partial charge in [-0.2, -0.15) is 11.3 Å². The molecule has 5 nitrogen and oxygen atoms in total. The summed E-state index contributed by atoms with van der Waals surface area (Å²) in [6, 6.07) is 6.03. The average molecular weight is 385 g/mol. The molecule has 0 aliphatic carbocycles. The number of carbonyl (C=O) groups excluding carboxylic acids is 1. The number of piperazine rings is 1. The molecule has 26 heavy (non-hydrogen) atoms. The Morgan fingerprint density at radius 1 is 1.15 bits per heavy atom. The summed E-state index contributed by atoms with van der Waals surface area (Å²) in [5.41, 5.74) is 2.98. The Hall–Kier alpha value is -2.25. The van der Waals surface area contributed by atoms with Gasteiger partial charge in [-0.3, -0.25) is 4.79 Å². The minimum Gasteiger partial charge on any atom is -0.353 e. The van der Waals surface area contributed by atoms with E-state index in [0.717, 1.165) is 60.2 Å². The van der Waals surface area contributed by atoms with E-state index >= 15 is 0 Å². The first-order valence-electron chi connectivity index (χ1n) is 8.72. The molecule has 7 heteroatoms. The quantitative estimate of drug-likeness (QED) is 0.687. The Kier molecular flexibility index (Phi) is 4.99. The van der Waals surface area contributed by atoms with Crippen molar-refractivity contribution in [1.82, 2.24) is 14.9 Å². The smallest absolute Gasteiger partial charge is 0.254 e. The van der Waals surface area contributed by atoms with Crippen LogP contribution in [0.4, 0.5) is 5.82 Å². The first kappa shape index (κ1) is 17.2. The van der Waals surface area contributed by atoms with Gasteiger partial charge >= 0.3 is 0 Å². The predicted molar refractivity (Wildman–Crippen MR) is 107 cm³/mol. The lowest BCUT2D eigenvalue weighted by Gasteiger charge is -2.35. The van der Waals surface area contributed by atoms with E-state index < -0.39 is 0 Å². The Labute approximate surface area is 160 Å². The standard InChI is InChI=1S/C19H20N4OS2/c1-2-16-13-26-18(21-16)14-3-4-17(20-11-14)22-6-8-23(9-7-22)19(24)15-5-10-25-12-15/h3-5,10-13H,2,6-9H2,1H3. The molecule has 0 aromatic carbocycles. The van der Waals surface area contributed by atoms with Gasteiger partial charge in [0.1, 0.15) is 10.8 Å². The average Bonchev–Trinajstić information content (AvgIpc) is 3.40. The lowest BCUT2D eigenvalue weighted by Crippen LogP contribution is -2.49. The van der Waals surface area contributed by atoms with E-state index in [1.54, 1.807) is 22.7 Å². The molecular weight excluding hydrogens is 364 g/mol. The van der Waals surface area contributed by atoms with Gasteiger partial charge in [0.05, 0.1) is 11.3 Å². The van der Waals surface area contributed by atoms with Crippen molar-refractivity contribution >= 4 is 34.4 Å². The zero-order chi connectivity index (χ0) is 17.9. The zero-order valence-corrected chi connectivity index (χ0v) is 16.2. The highest BCUT2D eigenvalue weighted by Gasteiger charge is 2.23. The molecule has 1 aliphatic rings. The second-order valence-corrected chi connectivity index (χ2v) is 7.83. The van der Waals surface area contributed by atoms with Crippen molar-refractivity contribution in [2.45, 2.75) is 13.3 Å². The van der Waals surface area contributed by atoms with Gasteiger partial charge in [0.15, 0.2) is 0 Å². The van der Waals surface area contributed by atoms with Gasteiger partial charge in [-0.25, -0.2) is 9.97 Å². The highest BCUT2D eigenvalue weighted by Crippen LogP contribution is 2.25. The van der Waals surface area contributed by atoms with E-state index in [1.165, 1.54) is 0 Å². The number of thiophene rings is 1. The molecule has 0 unspecified atom stereocenters. The summed E-state index contributed by atoms with van der Waals surface area (Å²) in [4.78, 5) is 25.8. The number of thiazole rings is 1. The maximum atomic E-state index is 12.4. The van der Waals surface area contributed by atoms with Gasteiger partial charge in [0, 0.05) is 48.7 Å². The minimum absolute atomic E-state index is 0.129. The first-order chi connectivity index (χ1) is 12.7. The van der Waals surface area contributed by atoms with Crippen molar-refractivity contribution in [3.05, 3.63) is 51.8 Å². The summed E-state index contributed by atoms with van der Waals surface area (Å²) in [5.74, 6) is 1.09. The van der Waals surface area contributed by atoms with Crippen LogP contribution in [0.15, 0.2) is 40.5 Å². The van der Waals surface area contributed by atoms with E-state index in [-0.39, 0.29) is 5.91 Å².